The smallest absolute Gasteiger partial charge is 0.361 e. The summed E-state index contributed by atoms with van der Waals surface area (Å²) in [6, 6.07) is -0.224. The molecule has 1 aliphatic carbocycles. The maximum atomic E-state index is 11.9. The Labute approximate surface area is 111 Å². The van der Waals surface area contributed by atoms with Crippen LogP contribution in [0.15, 0.2) is 6.20 Å². The van der Waals surface area contributed by atoms with E-state index in [9.17, 15) is 9.59 Å². The Morgan fingerprint density at radius 2 is 2.32 bits per heavy atom. The molecule has 1 saturated carbocycles. The van der Waals surface area contributed by atoms with Gasteiger partial charge in [0.2, 0.25) is 5.91 Å². The van der Waals surface area contributed by atoms with Gasteiger partial charge in [0, 0.05) is 12.2 Å². The summed E-state index contributed by atoms with van der Waals surface area (Å²) in [5.41, 5.74) is 5.97. The van der Waals surface area contributed by atoms with Crippen LogP contribution in [0.4, 0.5) is 5.69 Å². The van der Waals surface area contributed by atoms with Crippen molar-refractivity contribution in [2.45, 2.75) is 38.8 Å². The molecule has 1 aliphatic rings. The van der Waals surface area contributed by atoms with Gasteiger partial charge in [0.1, 0.15) is 6.04 Å². The van der Waals surface area contributed by atoms with E-state index in [4.69, 9.17) is 10.5 Å². The van der Waals surface area contributed by atoms with Gasteiger partial charge in [0.25, 0.3) is 0 Å². The number of anilines is 1. The van der Waals surface area contributed by atoms with Gasteiger partial charge in [-0.1, -0.05) is 0 Å². The molecule has 0 radical (unpaired) electrons. The maximum absolute atomic E-state index is 11.9. The molecule has 0 saturated heterocycles. The van der Waals surface area contributed by atoms with E-state index in [-0.39, 0.29) is 29.9 Å². The number of carbonyl (C=O) groups excluding carboxylic acids is 2. The zero-order chi connectivity index (χ0) is 14.0. The Morgan fingerprint density at radius 1 is 1.63 bits per heavy atom. The first-order valence-corrected chi connectivity index (χ1v) is 6.35. The lowest BCUT2D eigenvalue weighted by Gasteiger charge is -2.11. The third-order valence-corrected chi connectivity index (χ3v) is 2.93. The second kappa shape index (κ2) is 5.29. The molecule has 1 atom stereocenters. The Morgan fingerprint density at radius 3 is 2.89 bits per heavy atom. The molecule has 2 rings (SSSR count). The average molecular weight is 266 g/mol. The van der Waals surface area contributed by atoms with Gasteiger partial charge in [0.15, 0.2) is 5.69 Å². The first-order valence-electron chi connectivity index (χ1n) is 6.35. The van der Waals surface area contributed by atoms with Gasteiger partial charge in [-0.2, -0.15) is 5.10 Å². The minimum Gasteiger partial charge on any atom is -0.461 e. The molecule has 1 aromatic heterocycles. The molecular weight excluding hydrogens is 248 g/mol. The second-order valence-corrected chi connectivity index (χ2v) is 4.59. The highest BCUT2D eigenvalue weighted by atomic mass is 16.5. The topological polar surface area (TPSA) is 99.2 Å². The summed E-state index contributed by atoms with van der Waals surface area (Å²) >= 11 is 0. The van der Waals surface area contributed by atoms with Gasteiger partial charge < -0.3 is 15.8 Å². The van der Waals surface area contributed by atoms with E-state index in [2.05, 4.69) is 10.4 Å². The van der Waals surface area contributed by atoms with Gasteiger partial charge in [-0.15, -0.1) is 0 Å². The summed E-state index contributed by atoms with van der Waals surface area (Å²) in [4.78, 5) is 23.5. The summed E-state index contributed by atoms with van der Waals surface area (Å²) in [5.74, 6) is -0.700. The van der Waals surface area contributed by atoms with E-state index in [0.29, 0.717) is 0 Å². The monoisotopic (exact) mass is 266 g/mol. The molecule has 104 valence electrons. The van der Waals surface area contributed by atoms with Gasteiger partial charge in [-0.3, -0.25) is 9.48 Å². The molecule has 1 amide bonds. The van der Waals surface area contributed by atoms with Crippen LogP contribution in [0.5, 0.6) is 0 Å². The van der Waals surface area contributed by atoms with Gasteiger partial charge in [-0.25, -0.2) is 4.79 Å². The molecule has 7 heteroatoms. The van der Waals surface area contributed by atoms with E-state index < -0.39 is 12.0 Å². The second-order valence-electron chi connectivity index (χ2n) is 4.59. The van der Waals surface area contributed by atoms with Crippen LogP contribution < -0.4 is 11.1 Å². The molecule has 0 bridgehead atoms. The number of esters is 1. The molecule has 0 aromatic carbocycles. The van der Waals surface area contributed by atoms with Crippen LogP contribution >= 0.6 is 0 Å². The third-order valence-electron chi connectivity index (χ3n) is 2.93. The fourth-order valence-electron chi connectivity index (χ4n) is 1.63. The number of nitrogens with two attached hydrogens (primary N) is 1. The number of ether oxygens (including phenoxy) is 1. The lowest BCUT2D eigenvalue weighted by atomic mass is 10.3. The number of hydrogen-bond acceptors (Lipinski definition) is 5. The summed E-state index contributed by atoms with van der Waals surface area (Å²) < 4.78 is 6.23. The van der Waals surface area contributed by atoms with E-state index in [0.717, 1.165) is 12.8 Å². The van der Waals surface area contributed by atoms with Crippen LogP contribution in [0.1, 0.15) is 43.2 Å². The molecule has 3 N–H and O–H groups in total. The SMILES string of the molecule is CCOC(=O)c1nn(C(C)C(=O)NC2CC2)cc1N. The summed E-state index contributed by atoms with van der Waals surface area (Å²) in [5, 5.41) is 6.91. The summed E-state index contributed by atoms with van der Waals surface area (Å²) in [7, 11) is 0. The number of nitrogen functional groups attached to an aromatic ring is 1. The van der Waals surface area contributed by atoms with E-state index >= 15 is 0 Å². The Balaban J connectivity index is 2.09. The molecular formula is C12H18N4O3. The Kier molecular flexibility index (Phi) is 3.73. The molecule has 0 spiro atoms. The number of nitrogens with zero attached hydrogens (tertiary/aromatic N) is 2. The maximum Gasteiger partial charge on any atom is 0.361 e. The normalized spacial score (nSPS) is 15.9. The van der Waals surface area contributed by atoms with Crippen molar-refractivity contribution in [2.24, 2.45) is 0 Å². The highest BCUT2D eigenvalue weighted by Gasteiger charge is 2.27. The molecule has 1 unspecified atom stereocenters. The van der Waals surface area contributed by atoms with Crippen molar-refractivity contribution in [1.29, 1.82) is 0 Å². The lowest BCUT2D eigenvalue weighted by molar-refractivity contribution is -0.124. The quantitative estimate of drug-likeness (QED) is 0.755. The first kappa shape index (κ1) is 13.4. The zero-order valence-corrected chi connectivity index (χ0v) is 11.0. The van der Waals surface area contributed by atoms with Crippen molar-refractivity contribution >= 4 is 17.6 Å². The zero-order valence-electron chi connectivity index (χ0n) is 11.0. The molecule has 1 heterocycles. The molecule has 1 fully saturated rings. The molecule has 19 heavy (non-hydrogen) atoms. The van der Waals surface area contributed by atoms with Crippen LogP contribution in [0.2, 0.25) is 0 Å². The van der Waals surface area contributed by atoms with E-state index in [1.54, 1.807) is 13.8 Å². The predicted molar refractivity (Wildman–Crippen MR) is 68.5 cm³/mol. The average Bonchev–Trinajstić information content (AvgIpc) is 3.09. The fourth-order valence-corrected chi connectivity index (χ4v) is 1.63. The molecule has 0 aliphatic heterocycles. The first-order chi connectivity index (χ1) is 9.02. The number of hydrogen-bond donors (Lipinski definition) is 2. The number of aromatic nitrogens is 2. The lowest BCUT2D eigenvalue weighted by Crippen LogP contribution is -2.32. The third kappa shape index (κ3) is 3.04. The van der Waals surface area contributed by atoms with Crippen molar-refractivity contribution in [3.63, 3.8) is 0 Å². The minimum absolute atomic E-state index is 0.0490. The van der Waals surface area contributed by atoms with Crippen molar-refractivity contribution in [3.05, 3.63) is 11.9 Å². The standard InChI is InChI=1S/C12H18N4O3/c1-3-19-12(18)10-9(13)6-16(15-10)7(2)11(17)14-8-4-5-8/h6-8H,3-5,13H2,1-2H3,(H,14,17). The van der Waals surface area contributed by atoms with Crippen molar-refractivity contribution in [2.75, 3.05) is 12.3 Å². The van der Waals surface area contributed by atoms with Crippen molar-refractivity contribution in [1.82, 2.24) is 15.1 Å². The predicted octanol–water partition coefficient (Wildman–Crippen LogP) is 0.482. The van der Waals surface area contributed by atoms with Gasteiger partial charge in [-0.05, 0) is 26.7 Å². The largest absolute Gasteiger partial charge is 0.461 e. The van der Waals surface area contributed by atoms with E-state index in [1.165, 1.54) is 10.9 Å². The Hall–Kier alpha value is -2.05. The summed E-state index contributed by atoms with van der Waals surface area (Å²) in [6.45, 7) is 3.67. The van der Waals surface area contributed by atoms with Gasteiger partial charge in [0.05, 0.1) is 12.3 Å². The number of carbonyl (C=O) groups is 2. The molecule has 7 nitrogen and oxygen atoms in total. The van der Waals surface area contributed by atoms with Crippen LogP contribution in [-0.4, -0.2) is 34.3 Å². The van der Waals surface area contributed by atoms with Crippen LogP contribution in [-0.2, 0) is 9.53 Å². The van der Waals surface area contributed by atoms with Crippen molar-refractivity contribution in [3.8, 4) is 0 Å². The van der Waals surface area contributed by atoms with Crippen LogP contribution in [0, 0.1) is 0 Å². The number of rotatable bonds is 5. The number of nitrogens with one attached hydrogen (secondary N) is 1. The van der Waals surface area contributed by atoms with E-state index in [1.807, 2.05) is 0 Å². The highest BCUT2D eigenvalue weighted by Crippen LogP contribution is 2.20. The van der Waals surface area contributed by atoms with Gasteiger partial charge >= 0.3 is 5.97 Å². The molecule has 1 aromatic rings. The highest BCUT2D eigenvalue weighted by molar-refractivity contribution is 5.92. The fraction of sp³-hybridized carbons (Fsp3) is 0.583. The van der Waals surface area contributed by atoms with Crippen LogP contribution in [0.25, 0.3) is 0 Å². The summed E-state index contributed by atoms with van der Waals surface area (Å²) in [6.07, 6.45) is 3.52. The number of amides is 1. The van der Waals surface area contributed by atoms with Crippen molar-refractivity contribution < 1.29 is 14.3 Å². The minimum atomic E-state index is -0.575. The van der Waals surface area contributed by atoms with Crippen LogP contribution in [0.3, 0.4) is 0 Å². The Bertz CT molecular complexity index is 493.